The van der Waals surface area contributed by atoms with E-state index in [0.717, 1.165) is 5.92 Å². The Bertz CT molecular complexity index is 37.3. The molecular formula is C5H12IP. The fourth-order valence-corrected chi connectivity index (χ4v) is 3.87. The second-order valence-electron chi connectivity index (χ2n) is 2.18. The van der Waals surface area contributed by atoms with Crippen molar-refractivity contribution in [2.24, 2.45) is 5.92 Å². The maximum atomic E-state index is 2.52. The Balaban J connectivity index is 2.95. The van der Waals surface area contributed by atoms with Crippen LogP contribution in [0.4, 0.5) is 0 Å². The molecule has 0 spiro atoms. The molecule has 0 N–H and O–H groups in total. The molecule has 0 saturated carbocycles. The molecule has 0 aliphatic rings. The minimum Gasteiger partial charge on any atom is -0.0624 e. The van der Waals surface area contributed by atoms with Crippen LogP contribution < -0.4 is 0 Å². The van der Waals surface area contributed by atoms with E-state index in [-0.39, 0.29) is 0 Å². The van der Waals surface area contributed by atoms with Crippen molar-refractivity contribution >= 4 is 27.6 Å². The third-order valence-electron chi connectivity index (χ3n) is 0.617. The van der Waals surface area contributed by atoms with Gasteiger partial charge in [-0.1, -0.05) is 35.9 Å². The van der Waals surface area contributed by atoms with E-state index in [2.05, 4.69) is 42.6 Å². The molecule has 0 rings (SSSR count). The SMILES string of the molecule is CC(C)CP(C)I. The molecule has 7 heavy (non-hydrogen) atoms. The van der Waals surface area contributed by atoms with Gasteiger partial charge in [0, 0.05) is 0 Å². The molecule has 0 radical (unpaired) electrons. The quantitative estimate of drug-likeness (QED) is 0.505. The van der Waals surface area contributed by atoms with Crippen molar-refractivity contribution in [1.82, 2.24) is 0 Å². The first kappa shape index (κ1) is 8.16. The van der Waals surface area contributed by atoms with Crippen molar-refractivity contribution in [2.75, 3.05) is 12.8 Å². The number of halogens is 1. The predicted molar refractivity (Wildman–Crippen MR) is 46.6 cm³/mol. The van der Waals surface area contributed by atoms with Crippen LogP contribution in [-0.4, -0.2) is 12.8 Å². The third kappa shape index (κ3) is 7.16. The summed E-state index contributed by atoms with van der Waals surface area (Å²) in [5.74, 6) is 0.896. The van der Waals surface area contributed by atoms with E-state index in [1.54, 1.807) is 0 Å². The number of rotatable bonds is 2. The molecule has 0 nitrogen and oxygen atoms in total. The van der Waals surface area contributed by atoms with Crippen LogP contribution in [0.25, 0.3) is 0 Å². The molecular weight excluding hydrogens is 218 g/mol. The van der Waals surface area contributed by atoms with Gasteiger partial charge in [-0.15, -0.1) is 0 Å². The first-order valence-corrected chi connectivity index (χ1v) is 7.25. The van der Waals surface area contributed by atoms with E-state index >= 15 is 0 Å². The molecule has 2 heteroatoms. The van der Waals surface area contributed by atoms with Crippen LogP contribution in [0.3, 0.4) is 0 Å². The van der Waals surface area contributed by atoms with Crippen LogP contribution in [0.15, 0.2) is 0 Å². The fourth-order valence-electron chi connectivity index (χ4n) is 0.503. The van der Waals surface area contributed by atoms with Gasteiger partial charge in [-0.2, -0.15) is 0 Å². The lowest BCUT2D eigenvalue weighted by atomic mass is 10.3. The smallest absolute Gasteiger partial charge is 0.0214 e. The zero-order valence-electron chi connectivity index (χ0n) is 5.11. The summed E-state index contributed by atoms with van der Waals surface area (Å²) in [6.07, 6.45) is 1.41. The predicted octanol–water partition coefficient (Wildman–Crippen LogP) is 3.10. The molecule has 1 atom stereocenters. The molecule has 0 aromatic heterocycles. The Hall–Kier alpha value is 1.16. The first-order chi connectivity index (χ1) is 3.13. The summed E-state index contributed by atoms with van der Waals surface area (Å²) in [4.78, 5) is 0. The summed E-state index contributed by atoms with van der Waals surface area (Å²) in [6.45, 7) is 6.87. The van der Waals surface area contributed by atoms with Crippen LogP contribution in [0.1, 0.15) is 13.8 Å². The average molecular weight is 230 g/mol. The molecule has 0 aliphatic carbocycles. The summed E-state index contributed by atoms with van der Waals surface area (Å²) in [5.41, 5.74) is 0.330. The molecule has 0 aliphatic heterocycles. The highest BCUT2D eigenvalue weighted by atomic mass is 127. The summed E-state index contributed by atoms with van der Waals surface area (Å²) in [7, 11) is 0. The van der Waals surface area contributed by atoms with Crippen molar-refractivity contribution in [3.05, 3.63) is 0 Å². The molecule has 0 bridgehead atoms. The first-order valence-electron chi connectivity index (χ1n) is 2.50. The van der Waals surface area contributed by atoms with E-state index in [9.17, 15) is 0 Å². The van der Waals surface area contributed by atoms with E-state index < -0.39 is 0 Å². The van der Waals surface area contributed by atoms with Gasteiger partial charge in [0.1, 0.15) is 0 Å². The molecule has 0 aromatic rings. The van der Waals surface area contributed by atoms with Crippen LogP contribution in [0.5, 0.6) is 0 Å². The molecule has 0 aromatic carbocycles. The van der Waals surface area contributed by atoms with Gasteiger partial charge in [0.2, 0.25) is 0 Å². The molecule has 1 unspecified atom stereocenters. The van der Waals surface area contributed by atoms with Crippen LogP contribution in [0, 0.1) is 5.92 Å². The third-order valence-corrected chi connectivity index (χ3v) is 3.03. The minimum absolute atomic E-state index is 0.330. The zero-order chi connectivity index (χ0) is 5.86. The highest BCUT2D eigenvalue weighted by Gasteiger charge is 1.96. The van der Waals surface area contributed by atoms with Gasteiger partial charge >= 0.3 is 0 Å². The lowest BCUT2D eigenvalue weighted by Gasteiger charge is -2.04. The van der Waals surface area contributed by atoms with Gasteiger partial charge in [-0.25, -0.2) is 0 Å². The minimum atomic E-state index is 0.330. The zero-order valence-corrected chi connectivity index (χ0v) is 8.16. The molecule has 0 saturated heterocycles. The Labute approximate surface area is 60.3 Å². The van der Waals surface area contributed by atoms with Crippen molar-refractivity contribution in [3.8, 4) is 0 Å². The normalized spacial score (nSPS) is 15.0. The molecule has 0 fully saturated rings. The van der Waals surface area contributed by atoms with Crippen molar-refractivity contribution in [2.45, 2.75) is 13.8 Å². The number of hydrogen-bond donors (Lipinski definition) is 0. The highest BCUT2D eigenvalue weighted by Crippen LogP contribution is 2.41. The molecule has 0 heterocycles. The van der Waals surface area contributed by atoms with Gasteiger partial charge in [0.15, 0.2) is 0 Å². The Kier molecular flexibility index (Phi) is 4.76. The highest BCUT2D eigenvalue weighted by molar-refractivity contribution is 14.2. The van der Waals surface area contributed by atoms with Gasteiger partial charge in [0.25, 0.3) is 0 Å². The second kappa shape index (κ2) is 4.08. The van der Waals surface area contributed by atoms with E-state index in [4.69, 9.17) is 0 Å². The maximum absolute atomic E-state index is 2.52. The van der Waals surface area contributed by atoms with Crippen molar-refractivity contribution in [1.29, 1.82) is 0 Å². The van der Waals surface area contributed by atoms with Crippen LogP contribution >= 0.6 is 27.6 Å². The maximum Gasteiger partial charge on any atom is -0.0214 e. The van der Waals surface area contributed by atoms with E-state index in [1.165, 1.54) is 6.16 Å². The lowest BCUT2D eigenvalue weighted by Crippen LogP contribution is -1.88. The summed E-state index contributed by atoms with van der Waals surface area (Å²) >= 11 is 2.52. The van der Waals surface area contributed by atoms with Gasteiger partial charge in [0.05, 0.1) is 0 Å². The topological polar surface area (TPSA) is 0 Å². The van der Waals surface area contributed by atoms with E-state index in [1.807, 2.05) is 0 Å². The van der Waals surface area contributed by atoms with Crippen molar-refractivity contribution < 1.29 is 0 Å². The van der Waals surface area contributed by atoms with Gasteiger partial charge in [-0.3, -0.25) is 0 Å². The summed E-state index contributed by atoms with van der Waals surface area (Å²) in [5, 5.41) is 0. The molecule has 0 amide bonds. The fraction of sp³-hybridized carbons (Fsp3) is 1.00. The largest absolute Gasteiger partial charge is 0.0624 e. The van der Waals surface area contributed by atoms with E-state index in [0.29, 0.717) is 5.56 Å². The monoisotopic (exact) mass is 230 g/mol. The second-order valence-corrected chi connectivity index (χ2v) is 8.70. The summed E-state index contributed by atoms with van der Waals surface area (Å²) < 4.78 is 0. The summed E-state index contributed by atoms with van der Waals surface area (Å²) in [6, 6.07) is 0. The Morgan fingerprint density at radius 2 is 2.00 bits per heavy atom. The van der Waals surface area contributed by atoms with Crippen molar-refractivity contribution in [3.63, 3.8) is 0 Å². The molecule has 44 valence electrons. The van der Waals surface area contributed by atoms with Crippen LogP contribution in [-0.2, 0) is 0 Å². The van der Waals surface area contributed by atoms with Gasteiger partial charge < -0.3 is 0 Å². The standard InChI is InChI=1S/C5H12IP/c1-5(2)4-7(3)6/h5H,4H2,1-3H3. The lowest BCUT2D eigenvalue weighted by molar-refractivity contribution is 0.748. The Morgan fingerprint density at radius 3 is 2.00 bits per heavy atom. The Morgan fingerprint density at radius 1 is 1.57 bits per heavy atom. The number of hydrogen-bond acceptors (Lipinski definition) is 0. The van der Waals surface area contributed by atoms with Crippen LogP contribution in [0.2, 0.25) is 0 Å². The average Bonchev–Trinajstić information content (AvgIpc) is 1.27. The van der Waals surface area contributed by atoms with Gasteiger partial charge in [-0.05, 0) is 24.3 Å².